The summed E-state index contributed by atoms with van der Waals surface area (Å²) in [6, 6.07) is 6.46. The second kappa shape index (κ2) is 11.4. The minimum Gasteiger partial charge on any atom is -0.370 e. The van der Waals surface area contributed by atoms with Crippen LogP contribution < -0.4 is 10.6 Å². The van der Waals surface area contributed by atoms with E-state index in [4.69, 9.17) is 4.74 Å². The summed E-state index contributed by atoms with van der Waals surface area (Å²) in [5, 5.41) is 6.06. The maximum Gasteiger partial charge on any atom is 0.241 e. The van der Waals surface area contributed by atoms with Gasteiger partial charge in [-0.05, 0) is 38.8 Å². The summed E-state index contributed by atoms with van der Waals surface area (Å²) >= 11 is 0. The van der Waals surface area contributed by atoms with E-state index in [1.165, 1.54) is 16.7 Å². The van der Waals surface area contributed by atoms with Gasteiger partial charge in [0.25, 0.3) is 0 Å². The van der Waals surface area contributed by atoms with E-state index >= 15 is 0 Å². The van der Waals surface area contributed by atoms with Gasteiger partial charge in [-0.1, -0.05) is 23.8 Å². The topological polar surface area (TPSA) is 66.0 Å². The lowest BCUT2D eigenvalue weighted by atomic mass is 10.00. The van der Waals surface area contributed by atoms with Crippen LogP contribution in [0, 0.1) is 13.8 Å². The Morgan fingerprint density at radius 2 is 2.00 bits per heavy atom. The minimum atomic E-state index is -0.0582. The monoisotopic (exact) mass is 474 g/mol. The Morgan fingerprint density at radius 3 is 2.65 bits per heavy atom. The number of halogens is 1. The summed E-state index contributed by atoms with van der Waals surface area (Å²) in [5.41, 5.74) is 3.72. The van der Waals surface area contributed by atoms with Crippen molar-refractivity contribution in [1.29, 1.82) is 0 Å². The van der Waals surface area contributed by atoms with Crippen LogP contribution in [0.2, 0.25) is 0 Å². The van der Waals surface area contributed by atoms with Crippen LogP contribution in [0.5, 0.6) is 0 Å². The number of likely N-dealkylation sites (N-methyl/N-ethyl adjacent to an activating group) is 1. The van der Waals surface area contributed by atoms with Crippen LogP contribution in [-0.4, -0.2) is 56.1 Å². The van der Waals surface area contributed by atoms with Gasteiger partial charge in [0, 0.05) is 19.6 Å². The van der Waals surface area contributed by atoms with Gasteiger partial charge in [-0.25, -0.2) is 4.99 Å². The highest BCUT2D eigenvalue weighted by Crippen LogP contribution is 2.25. The molecule has 7 heteroatoms. The van der Waals surface area contributed by atoms with E-state index in [2.05, 4.69) is 52.6 Å². The molecule has 1 unspecified atom stereocenters. The zero-order valence-electron chi connectivity index (χ0n) is 16.2. The molecule has 0 saturated carbocycles. The zero-order chi connectivity index (χ0) is 18.2. The SMILES string of the molecule is CCNC(=O)CN=C(NCC)N1CCOC(c2ccc(C)cc2C)C1.I. The Morgan fingerprint density at radius 1 is 1.27 bits per heavy atom. The van der Waals surface area contributed by atoms with E-state index in [1.807, 2.05) is 13.8 Å². The Kier molecular flexibility index (Phi) is 9.93. The predicted molar refractivity (Wildman–Crippen MR) is 116 cm³/mol. The number of morpholine rings is 1. The van der Waals surface area contributed by atoms with Crippen LogP contribution in [0.15, 0.2) is 23.2 Å². The molecule has 1 saturated heterocycles. The number of nitrogens with one attached hydrogen (secondary N) is 2. The third kappa shape index (κ3) is 6.42. The van der Waals surface area contributed by atoms with E-state index in [0.717, 1.165) is 25.6 Å². The van der Waals surface area contributed by atoms with Crippen molar-refractivity contribution >= 4 is 35.8 Å². The number of aryl methyl sites for hydroxylation is 2. The van der Waals surface area contributed by atoms with Crippen molar-refractivity contribution in [3.05, 3.63) is 34.9 Å². The van der Waals surface area contributed by atoms with Crippen molar-refractivity contribution in [2.45, 2.75) is 33.8 Å². The Bertz CT molecular complexity index is 622. The van der Waals surface area contributed by atoms with Crippen molar-refractivity contribution in [3.63, 3.8) is 0 Å². The number of hydrogen-bond acceptors (Lipinski definition) is 3. The van der Waals surface area contributed by atoms with Crippen molar-refractivity contribution in [3.8, 4) is 0 Å². The molecule has 1 aromatic rings. The van der Waals surface area contributed by atoms with Crippen LogP contribution in [0.25, 0.3) is 0 Å². The van der Waals surface area contributed by atoms with Crippen molar-refractivity contribution in [2.24, 2.45) is 4.99 Å². The second-order valence-corrected chi connectivity index (χ2v) is 6.29. The standard InChI is InChI=1S/C19H30N4O2.HI/c1-5-20-18(24)12-22-19(21-6-2)23-9-10-25-17(13-23)16-8-7-14(3)11-15(16)4;/h7-8,11,17H,5-6,9-10,12-13H2,1-4H3,(H,20,24)(H,21,22);1H. The molecule has 1 aromatic carbocycles. The molecular formula is C19H31IN4O2. The van der Waals surface area contributed by atoms with Crippen molar-refractivity contribution in [1.82, 2.24) is 15.5 Å². The van der Waals surface area contributed by atoms with Gasteiger partial charge >= 0.3 is 0 Å². The Balaban J connectivity index is 0.00000338. The van der Waals surface area contributed by atoms with Crippen LogP contribution in [0.3, 0.4) is 0 Å². The molecule has 1 fully saturated rings. The largest absolute Gasteiger partial charge is 0.370 e. The lowest BCUT2D eigenvalue weighted by Crippen LogP contribution is -2.48. The summed E-state index contributed by atoms with van der Waals surface area (Å²) in [6.07, 6.45) is 0.0164. The molecule has 0 aliphatic carbocycles. The summed E-state index contributed by atoms with van der Waals surface area (Å²) in [4.78, 5) is 18.4. The van der Waals surface area contributed by atoms with Crippen molar-refractivity contribution in [2.75, 3.05) is 39.3 Å². The molecule has 146 valence electrons. The molecule has 2 N–H and O–H groups in total. The third-order valence-corrected chi connectivity index (χ3v) is 4.22. The van der Waals surface area contributed by atoms with E-state index in [9.17, 15) is 4.79 Å². The average molecular weight is 474 g/mol. The van der Waals surface area contributed by atoms with Crippen LogP contribution >= 0.6 is 24.0 Å². The fourth-order valence-corrected chi connectivity index (χ4v) is 3.04. The first kappa shape index (κ1) is 22.7. The lowest BCUT2D eigenvalue weighted by molar-refractivity contribution is -0.119. The molecule has 2 rings (SSSR count). The molecule has 1 aliphatic heterocycles. The van der Waals surface area contributed by atoms with Crippen molar-refractivity contribution < 1.29 is 9.53 Å². The summed E-state index contributed by atoms with van der Waals surface area (Å²) < 4.78 is 6.00. The van der Waals surface area contributed by atoms with E-state index in [0.29, 0.717) is 13.2 Å². The van der Waals surface area contributed by atoms with E-state index in [1.54, 1.807) is 0 Å². The number of hydrogen-bond donors (Lipinski definition) is 2. The highest BCUT2D eigenvalue weighted by Gasteiger charge is 2.25. The molecule has 0 spiro atoms. The van der Waals surface area contributed by atoms with Gasteiger partial charge in [0.2, 0.25) is 5.91 Å². The maximum atomic E-state index is 11.7. The molecular weight excluding hydrogens is 443 g/mol. The number of benzene rings is 1. The number of rotatable bonds is 5. The molecule has 0 bridgehead atoms. The van der Waals surface area contributed by atoms with Gasteiger partial charge in [-0.15, -0.1) is 24.0 Å². The molecule has 1 heterocycles. The molecule has 0 radical (unpaired) electrons. The number of carbonyl (C=O) groups is 1. The Labute approximate surface area is 173 Å². The number of nitrogens with zero attached hydrogens (tertiary/aromatic N) is 2. The maximum absolute atomic E-state index is 11.7. The Hall–Kier alpha value is -1.35. The van der Waals surface area contributed by atoms with Crippen LogP contribution in [-0.2, 0) is 9.53 Å². The fraction of sp³-hybridized carbons (Fsp3) is 0.579. The molecule has 1 aliphatic rings. The minimum absolute atomic E-state index is 0. The molecule has 0 aromatic heterocycles. The highest BCUT2D eigenvalue weighted by atomic mass is 127. The number of carbonyl (C=O) groups excluding carboxylic acids is 1. The first-order valence-electron chi connectivity index (χ1n) is 9.03. The van der Waals surface area contributed by atoms with Gasteiger partial charge in [-0.2, -0.15) is 0 Å². The van der Waals surface area contributed by atoms with Gasteiger partial charge in [0.05, 0.1) is 13.2 Å². The van der Waals surface area contributed by atoms with Crippen LogP contribution in [0.4, 0.5) is 0 Å². The lowest BCUT2D eigenvalue weighted by Gasteiger charge is -2.35. The number of amides is 1. The highest BCUT2D eigenvalue weighted by molar-refractivity contribution is 14.0. The first-order valence-corrected chi connectivity index (χ1v) is 9.03. The summed E-state index contributed by atoms with van der Waals surface area (Å²) in [7, 11) is 0. The third-order valence-electron chi connectivity index (χ3n) is 4.22. The fourth-order valence-electron chi connectivity index (χ4n) is 3.04. The smallest absolute Gasteiger partial charge is 0.241 e. The summed E-state index contributed by atoms with van der Waals surface area (Å²) in [5.74, 6) is 0.712. The summed E-state index contributed by atoms with van der Waals surface area (Å²) in [6.45, 7) is 11.8. The van der Waals surface area contributed by atoms with Gasteiger partial charge in [0.1, 0.15) is 12.6 Å². The molecule has 6 nitrogen and oxygen atoms in total. The van der Waals surface area contributed by atoms with Crippen LogP contribution in [0.1, 0.15) is 36.6 Å². The van der Waals surface area contributed by atoms with Gasteiger partial charge in [-0.3, -0.25) is 4.79 Å². The second-order valence-electron chi connectivity index (χ2n) is 6.29. The normalized spacial score (nSPS) is 17.5. The predicted octanol–water partition coefficient (Wildman–Crippen LogP) is 2.40. The van der Waals surface area contributed by atoms with E-state index < -0.39 is 0 Å². The number of guanidine groups is 1. The average Bonchev–Trinajstić information content (AvgIpc) is 2.59. The molecule has 1 amide bonds. The quantitative estimate of drug-likeness (QED) is 0.391. The zero-order valence-corrected chi connectivity index (χ0v) is 18.5. The molecule has 1 atom stereocenters. The molecule has 26 heavy (non-hydrogen) atoms. The van der Waals surface area contributed by atoms with E-state index in [-0.39, 0.29) is 42.5 Å². The van der Waals surface area contributed by atoms with Gasteiger partial charge < -0.3 is 20.3 Å². The first-order chi connectivity index (χ1) is 12.0. The number of aliphatic imine (C=N–C) groups is 1. The number of ether oxygens (including phenoxy) is 1. The van der Waals surface area contributed by atoms with Gasteiger partial charge in [0.15, 0.2) is 5.96 Å².